The molecule has 0 aliphatic carbocycles. The Kier molecular flexibility index (Phi) is 3.32. The Morgan fingerprint density at radius 3 is 2.67 bits per heavy atom. The molecule has 1 aromatic carbocycles. The summed E-state index contributed by atoms with van der Waals surface area (Å²) in [7, 11) is 0. The lowest BCUT2D eigenvalue weighted by Gasteiger charge is -2.20. The maximum Gasteiger partial charge on any atom is 0.337 e. The Morgan fingerprint density at radius 2 is 2.00 bits per heavy atom. The van der Waals surface area contributed by atoms with Crippen molar-refractivity contribution in [1.29, 1.82) is 0 Å². The highest BCUT2D eigenvalue weighted by atomic mass is 16.4. The summed E-state index contributed by atoms with van der Waals surface area (Å²) in [5, 5.41) is 17.3. The van der Waals surface area contributed by atoms with E-state index in [1.807, 2.05) is 0 Å². The minimum atomic E-state index is -1.05. The Labute approximate surface area is 121 Å². The fourth-order valence-corrected chi connectivity index (χ4v) is 2.74. The smallest absolute Gasteiger partial charge is 0.337 e. The molecule has 110 valence electrons. The highest BCUT2D eigenvalue weighted by Crippen LogP contribution is 2.22. The number of fused-ring (bicyclic) bond motifs is 1. The van der Waals surface area contributed by atoms with Crippen LogP contribution >= 0.6 is 0 Å². The molecule has 0 saturated carbocycles. The molecule has 1 amide bonds. The van der Waals surface area contributed by atoms with Gasteiger partial charge in [-0.15, -0.1) is 5.10 Å². The van der Waals surface area contributed by atoms with Crippen LogP contribution in [-0.4, -0.2) is 50.0 Å². The molecule has 7 heteroatoms. The minimum absolute atomic E-state index is 0.0421. The Balaban J connectivity index is 2.03. The maximum absolute atomic E-state index is 12.5. The van der Waals surface area contributed by atoms with Crippen LogP contribution in [-0.2, 0) is 4.79 Å². The number of aromatic carboxylic acids is 1. The molecule has 0 radical (unpaired) electrons. The molecule has 1 unspecified atom stereocenters. The van der Waals surface area contributed by atoms with Crippen molar-refractivity contribution in [3.05, 3.63) is 23.8 Å². The van der Waals surface area contributed by atoms with E-state index in [1.165, 1.54) is 10.7 Å². The number of carboxylic acid groups (broad SMARTS) is 1. The quantitative estimate of drug-likeness (QED) is 0.920. The second kappa shape index (κ2) is 5.16. The molecule has 21 heavy (non-hydrogen) atoms. The van der Waals surface area contributed by atoms with Gasteiger partial charge in [0.1, 0.15) is 17.1 Å². The molecule has 0 spiro atoms. The second-order valence-electron chi connectivity index (χ2n) is 5.22. The largest absolute Gasteiger partial charge is 0.478 e. The van der Waals surface area contributed by atoms with Crippen molar-refractivity contribution in [3.63, 3.8) is 0 Å². The fraction of sp³-hybridized carbons (Fsp3) is 0.429. The number of likely N-dealkylation sites (tertiary alicyclic amines) is 1. The van der Waals surface area contributed by atoms with Crippen LogP contribution in [0.15, 0.2) is 18.2 Å². The molecule has 1 saturated heterocycles. The molecular weight excluding hydrogens is 272 g/mol. The van der Waals surface area contributed by atoms with E-state index in [1.54, 1.807) is 24.0 Å². The summed E-state index contributed by atoms with van der Waals surface area (Å²) >= 11 is 0. The Morgan fingerprint density at radius 1 is 1.29 bits per heavy atom. The van der Waals surface area contributed by atoms with Gasteiger partial charge in [-0.3, -0.25) is 4.79 Å². The van der Waals surface area contributed by atoms with E-state index < -0.39 is 12.0 Å². The van der Waals surface area contributed by atoms with Gasteiger partial charge in [0.15, 0.2) is 0 Å². The lowest BCUT2D eigenvalue weighted by molar-refractivity contribution is -0.133. The highest BCUT2D eigenvalue weighted by molar-refractivity contribution is 6.01. The summed E-state index contributed by atoms with van der Waals surface area (Å²) in [6.45, 7) is 3.23. The maximum atomic E-state index is 12.5. The molecule has 1 aromatic heterocycles. The first-order valence-corrected chi connectivity index (χ1v) is 6.95. The minimum Gasteiger partial charge on any atom is -0.478 e. The van der Waals surface area contributed by atoms with Crippen LogP contribution in [0.5, 0.6) is 0 Å². The number of carboxylic acids is 1. The van der Waals surface area contributed by atoms with Gasteiger partial charge in [-0.25, -0.2) is 9.48 Å². The fourth-order valence-electron chi connectivity index (χ4n) is 2.74. The van der Waals surface area contributed by atoms with E-state index in [9.17, 15) is 14.7 Å². The Hall–Kier alpha value is -2.44. The summed E-state index contributed by atoms with van der Waals surface area (Å²) in [6.07, 6.45) is 2.02. The molecule has 2 aromatic rings. The number of aromatic nitrogens is 3. The van der Waals surface area contributed by atoms with Gasteiger partial charge in [-0.1, -0.05) is 11.3 Å². The lowest BCUT2D eigenvalue weighted by atomic mass is 10.1. The highest BCUT2D eigenvalue weighted by Gasteiger charge is 2.27. The molecule has 3 rings (SSSR count). The first-order chi connectivity index (χ1) is 10.1. The normalized spacial score (nSPS) is 16.3. The zero-order valence-electron chi connectivity index (χ0n) is 11.7. The monoisotopic (exact) mass is 288 g/mol. The van der Waals surface area contributed by atoms with Gasteiger partial charge < -0.3 is 10.0 Å². The summed E-state index contributed by atoms with van der Waals surface area (Å²) < 4.78 is 1.42. The van der Waals surface area contributed by atoms with Gasteiger partial charge in [0.05, 0.1) is 5.56 Å². The average molecular weight is 288 g/mol. The standard InChI is InChI=1S/C14H16N4O3/c1-9(13(19)17-7-2-3-8-17)18-12-10(14(20)21)5-4-6-11(12)15-16-18/h4-6,9H,2-3,7-8H2,1H3,(H,20,21). The zero-order chi connectivity index (χ0) is 15.0. The third kappa shape index (κ3) is 2.24. The van der Waals surface area contributed by atoms with E-state index >= 15 is 0 Å². The molecule has 1 atom stereocenters. The van der Waals surface area contributed by atoms with Crippen molar-refractivity contribution in [1.82, 2.24) is 19.9 Å². The van der Waals surface area contributed by atoms with E-state index in [0.717, 1.165) is 25.9 Å². The molecule has 2 heterocycles. The van der Waals surface area contributed by atoms with Crippen molar-refractivity contribution in [2.45, 2.75) is 25.8 Å². The van der Waals surface area contributed by atoms with E-state index in [4.69, 9.17) is 0 Å². The first-order valence-electron chi connectivity index (χ1n) is 6.95. The van der Waals surface area contributed by atoms with E-state index in [-0.39, 0.29) is 11.5 Å². The number of amides is 1. The van der Waals surface area contributed by atoms with Crippen LogP contribution in [0.1, 0.15) is 36.2 Å². The number of rotatable bonds is 3. The molecular formula is C14H16N4O3. The first kappa shape index (κ1) is 13.5. The topological polar surface area (TPSA) is 88.3 Å². The molecule has 1 N–H and O–H groups in total. The van der Waals surface area contributed by atoms with Gasteiger partial charge in [0, 0.05) is 13.1 Å². The number of carbonyl (C=O) groups is 2. The van der Waals surface area contributed by atoms with Gasteiger partial charge >= 0.3 is 5.97 Å². The van der Waals surface area contributed by atoms with Crippen molar-refractivity contribution in [3.8, 4) is 0 Å². The van der Waals surface area contributed by atoms with Crippen molar-refractivity contribution in [2.24, 2.45) is 0 Å². The zero-order valence-corrected chi connectivity index (χ0v) is 11.7. The summed E-state index contributed by atoms with van der Waals surface area (Å²) in [5.74, 6) is -1.09. The summed E-state index contributed by atoms with van der Waals surface area (Å²) in [6, 6.07) is 4.25. The van der Waals surface area contributed by atoms with Crippen LogP contribution in [0.2, 0.25) is 0 Å². The molecule has 1 fully saturated rings. The SMILES string of the molecule is CC(C(=O)N1CCCC1)n1nnc2cccc(C(=O)O)c21. The van der Waals surface area contributed by atoms with Gasteiger partial charge in [0.25, 0.3) is 0 Å². The Bertz CT molecular complexity index is 703. The van der Waals surface area contributed by atoms with Crippen LogP contribution in [0.3, 0.4) is 0 Å². The number of hydrogen-bond donors (Lipinski definition) is 1. The number of nitrogens with zero attached hydrogens (tertiary/aromatic N) is 4. The van der Waals surface area contributed by atoms with Crippen molar-refractivity contribution < 1.29 is 14.7 Å². The molecule has 7 nitrogen and oxygen atoms in total. The molecule has 1 aliphatic heterocycles. The predicted octanol–water partition coefficient (Wildman–Crippen LogP) is 1.31. The van der Waals surface area contributed by atoms with Crippen LogP contribution in [0.4, 0.5) is 0 Å². The van der Waals surface area contributed by atoms with Crippen LogP contribution in [0.25, 0.3) is 11.0 Å². The second-order valence-corrected chi connectivity index (χ2v) is 5.22. The summed E-state index contributed by atoms with van der Waals surface area (Å²) in [4.78, 5) is 25.6. The van der Waals surface area contributed by atoms with Gasteiger partial charge in [-0.05, 0) is 31.9 Å². The van der Waals surface area contributed by atoms with Gasteiger partial charge in [0.2, 0.25) is 5.91 Å². The third-order valence-corrected chi connectivity index (χ3v) is 3.87. The van der Waals surface area contributed by atoms with E-state index in [2.05, 4.69) is 10.3 Å². The van der Waals surface area contributed by atoms with Crippen molar-refractivity contribution in [2.75, 3.05) is 13.1 Å². The van der Waals surface area contributed by atoms with Crippen LogP contribution in [0, 0.1) is 0 Å². The number of benzene rings is 1. The molecule has 0 bridgehead atoms. The summed E-state index contributed by atoms with van der Waals surface area (Å²) in [5.41, 5.74) is 0.986. The van der Waals surface area contributed by atoms with Gasteiger partial charge in [-0.2, -0.15) is 0 Å². The average Bonchev–Trinajstić information content (AvgIpc) is 3.14. The number of carbonyl (C=O) groups excluding carboxylic acids is 1. The van der Waals surface area contributed by atoms with Crippen molar-refractivity contribution >= 4 is 22.9 Å². The number of hydrogen-bond acceptors (Lipinski definition) is 4. The van der Waals surface area contributed by atoms with Crippen LogP contribution < -0.4 is 0 Å². The predicted molar refractivity (Wildman–Crippen MR) is 75.0 cm³/mol. The van der Waals surface area contributed by atoms with E-state index in [0.29, 0.717) is 11.0 Å². The molecule has 1 aliphatic rings. The number of para-hydroxylation sites is 1. The lowest BCUT2D eigenvalue weighted by Crippen LogP contribution is -2.34. The third-order valence-electron chi connectivity index (χ3n) is 3.87.